The summed E-state index contributed by atoms with van der Waals surface area (Å²) >= 11 is 0. The zero-order valence-corrected chi connectivity index (χ0v) is 13.3. The maximum absolute atomic E-state index is 9.49. The second-order valence-corrected chi connectivity index (χ2v) is 5.88. The topological polar surface area (TPSA) is 38.7 Å². The molecule has 0 aliphatic heterocycles. The van der Waals surface area contributed by atoms with Crippen molar-refractivity contribution in [3.63, 3.8) is 0 Å². The Morgan fingerprint density at radius 1 is 1.05 bits per heavy atom. The van der Waals surface area contributed by atoms with E-state index in [0.29, 0.717) is 11.7 Å². The molecular weight excluding hydrogens is 276 g/mol. The summed E-state index contributed by atoms with van der Waals surface area (Å²) in [6, 6.07) is 11.7. The average molecular weight is 298 g/mol. The fraction of sp³-hybridized carbons (Fsp3) is 0.368. The molecule has 0 bridgehead atoms. The van der Waals surface area contributed by atoms with Crippen molar-refractivity contribution in [1.82, 2.24) is 0 Å². The molecule has 3 rings (SSSR count). The summed E-state index contributed by atoms with van der Waals surface area (Å²) in [5.74, 6) is 0.805. The van der Waals surface area contributed by atoms with Crippen LogP contribution in [-0.2, 0) is 15.9 Å². The molecule has 0 radical (unpaired) electrons. The number of phenolic OH excluding ortho intramolecular Hbond substituents is 1. The number of aromatic hydroxyl groups is 1. The zero-order valence-electron chi connectivity index (χ0n) is 13.3. The van der Waals surface area contributed by atoms with Crippen molar-refractivity contribution >= 4 is 0 Å². The first-order valence-electron chi connectivity index (χ1n) is 7.66. The van der Waals surface area contributed by atoms with E-state index in [-0.39, 0.29) is 6.29 Å². The van der Waals surface area contributed by atoms with Gasteiger partial charge in [0.25, 0.3) is 0 Å². The Bertz CT molecular complexity index is 657. The van der Waals surface area contributed by atoms with Crippen LogP contribution in [0, 0.1) is 0 Å². The van der Waals surface area contributed by atoms with Crippen LogP contribution in [-0.4, -0.2) is 19.3 Å². The summed E-state index contributed by atoms with van der Waals surface area (Å²) in [6.07, 6.45) is 1.90. The van der Waals surface area contributed by atoms with Gasteiger partial charge in [-0.15, -0.1) is 0 Å². The van der Waals surface area contributed by atoms with E-state index in [0.717, 1.165) is 24.0 Å². The van der Waals surface area contributed by atoms with E-state index >= 15 is 0 Å². The smallest absolute Gasteiger partial charge is 0.183 e. The van der Waals surface area contributed by atoms with E-state index in [1.807, 2.05) is 12.1 Å². The van der Waals surface area contributed by atoms with E-state index < -0.39 is 0 Å². The minimum Gasteiger partial charge on any atom is -0.508 e. The number of phenols is 1. The summed E-state index contributed by atoms with van der Waals surface area (Å²) in [6.45, 7) is 2.26. The van der Waals surface area contributed by atoms with E-state index in [1.165, 1.54) is 16.7 Å². The van der Waals surface area contributed by atoms with Crippen LogP contribution in [0.4, 0.5) is 0 Å². The van der Waals surface area contributed by atoms with E-state index in [2.05, 4.69) is 19.1 Å². The average Bonchev–Trinajstić information content (AvgIpc) is 2.92. The third-order valence-electron chi connectivity index (χ3n) is 4.57. The minimum atomic E-state index is -0.317. The Kier molecular flexibility index (Phi) is 4.19. The second-order valence-electron chi connectivity index (χ2n) is 5.88. The minimum absolute atomic E-state index is 0.296. The first-order chi connectivity index (χ1) is 10.7. The van der Waals surface area contributed by atoms with Gasteiger partial charge in [0.05, 0.1) is 0 Å². The van der Waals surface area contributed by atoms with Crippen molar-refractivity contribution in [2.45, 2.75) is 32.0 Å². The normalized spacial score (nSPS) is 17.0. The van der Waals surface area contributed by atoms with Crippen molar-refractivity contribution in [3.05, 3.63) is 53.1 Å². The van der Waals surface area contributed by atoms with Crippen LogP contribution >= 0.6 is 0 Å². The summed E-state index contributed by atoms with van der Waals surface area (Å²) in [5, 5.41) is 9.49. The van der Waals surface area contributed by atoms with Crippen molar-refractivity contribution in [2.75, 3.05) is 14.2 Å². The molecule has 0 saturated carbocycles. The molecule has 0 amide bonds. The van der Waals surface area contributed by atoms with E-state index in [1.54, 1.807) is 26.4 Å². The summed E-state index contributed by atoms with van der Waals surface area (Å²) in [4.78, 5) is 0. The molecule has 0 saturated heterocycles. The van der Waals surface area contributed by atoms with Gasteiger partial charge < -0.3 is 14.6 Å². The molecule has 1 N–H and O–H groups in total. The van der Waals surface area contributed by atoms with Crippen molar-refractivity contribution in [3.8, 4) is 16.9 Å². The van der Waals surface area contributed by atoms with Gasteiger partial charge in [-0.3, -0.25) is 0 Å². The van der Waals surface area contributed by atoms with Crippen LogP contribution in [0.25, 0.3) is 11.1 Å². The number of hydrogen-bond donors (Lipinski definition) is 1. The van der Waals surface area contributed by atoms with Crippen LogP contribution in [0.1, 0.15) is 42.2 Å². The standard InChI is InChI=1S/C19H22O3/c1-12-4-9-16-15(13-5-7-14(20)8-6-13)10-11-17(18(12)16)19(21-2)22-3/h5-8,10-12,19-20H,4,9H2,1-3H3/t12-/m1/s1. The van der Waals surface area contributed by atoms with E-state index in [9.17, 15) is 5.11 Å². The highest BCUT2D eigenvalue weighted by molar-refractivity contribution is 5.71. The molecule has 0 aromatic heterocycles. The lowest BCUT2D eigenvalue weighted by molar-refractivity contribution is -0.106. The zero-order chi connectivity index (χ0) is 15.7. The van der Waals surface area contributed by atoms with Gasteiger partial charge in [0.15, 0.2) is 6.29 Å². The molecule has 2 aromatic rings. The molecule has 1 atom stereocenters. The Morgan fingerprint density at radius 2 is 1.73 bits per heavy atom. The Balaban J connectivity index is 2.13. The first kappa shape index (κ1) is 15.1. The van der Waals surface area contributed by atoms with Crippen LogP contribution in [0.15, 0.2) is 36.4 Å². The van der Waals surface area contributed by atoms with Crippen LogP contribution in [0.5, 0.6) is 5.75 Å². The van der Waals surface area contributed by atoms with Crippen LogP contribution in [0.2, 0.25) is 0 Å². The lowest BCUT2D eigenvalue weighted by Gasteiger charge is -2.21. The number of hydrogen-bond acceptors (Lipinski definition) is 3. The maximum atomic E-state index is 9.49. The quantitative estimate of drug-likeness (QED) is 0.850. The van der Waals surface area contributed by atoms with Gasteiger partial charge in [-0.1, -0.05) is 31.2 Å². The third-order valence-corrected chi connectivity index (χ3v) is 4.57. The molecule has 0 fully saturated rings. The van der Waals surface area contributed by atoms with Gasteiger partial charge >= 0.3 is 0 Å². The highest BCUT2D eigenvalue weighted by Gasteiger charge is 2.28. The van der Waals surface area contributed by atoms with E-state index in [4.69, 9.17) is 9.47 Å². The largest absolute Gasteiger partial charge is 0.508 e. The van der Waals surface area contributed by atoms with Gasteiger partial charge in [-0.2, -0.15) is 0 Å². The Hall–Kier alpha value is -1.84. The number of fused-ring (bicyclic) bond motifs is 1. The van der Waals surface area contributed by atoms with Gasteiger partial charge in [-0.05, 0) is 53.1 Å². The van der Waals surface area contributed by atoms with Crippen molar-refractivity contribution in [1.29, 1.82) is 0 Å². The first-order valence-corrected chi connectivity index (χ1v) is 7.66. The fourth-order valence-corrected chi connectivity index (χ4v) is 3.51. The molecular formula is C19H22O3. The Morgan fingerprint density at radius 3 is 2.36 bits per heavy atom. The lowest BCUT2D eigenvalue weighted by atomic mass is 9.91. The SMILES string of the molecule is COC(OC)c1ccc(-c2ccc(O)cc2)c2c1[C@H](C)CC2. The molecule has 3 heteroatoms. The number of benzene rings is 2. The molecule has 1 aliphatic carbocycles. The highest BCUT2D eigenvalue weighted by Crippen LogP contribution is 2.43. The molecule has 2 aromatic carbocycles. The van der Waals surface area contributed by atoms with Crippen molar-refractivity contribution in [2.24, 2.45) is 0 Å². The maximum Gasteiger partial charge on any atom is 0.183 e. The second kappa shape index (κ2) is 6.11. The number of methoxy groups -OCH3 is 2. The molecule has 116 valence electrons. The van der Waals surface area contributed by atoms with Gasteiger partial charge in [0.1, 0.15) is 5.75 Å². The van der Waals surface area contributed by atoms with Gasteiger partial charge in [0, 0.05) is 19.8 Å². The fourth-order valence-electron chi connectivity index (χ4n) is 3.51. The monoisotopic (exact) mass is 298 g/mol. The highest BCUT2D eigenvalue weighted by atomic mass is 16.7. The molecule has 22 heavy (non-hydrogen) atoms. The summed E-state index contributed by atoms with van der Waals surface area (Å²) < 4.78 is 10.9. The van der Waals surface area contributed by atoms with Gasteiger partial charge in [-0.25, -0.2) is 0 Å². The van der Waals surface area contributed by atoms with Gasteiger partial charge in [0.2, 0.25) is 0 Å². The van der Waals surface area contributed by atoms with Crippen molar-refractivity contribution < 1.29 is 14.6 Å². The number of ether oxygens (including phenoxy) is 2. The van der Waals surface area contributed by atoms with Crippen LogP contribution < -0.4 is 0 Å². The molecule has 0 heterocycles. The molecule has 1 aliphatic rings. The molecule has 0 spiro atoms. The lowest BCUT2D eigenvalue weighted by Crippen LogP contribution is -2.08. The Labute approximate surface area is 131 Å². The third kappa shape index (κ3) is 2.51. The predicted molar refractivity (Wildman–Crippen MR) is 87.0 cm³/mol. The number of rotatable bonds is 4. The summed E-state index contributed by atoms with van der Waals surface area (Å²) in [5.41, 5.74) is 6.26. The van der Waals surface area contributed by atoms with Crippen LogP contribution in [0.3, 0.4) is 0 Å². The molecule has 0 unspecified atom stereocenters. The predicted octanol–water partition coefficient (Wildman–Crippen LogP) is 4.40. The summed E-state index contributed by atoms with van der Waals surface area (Å²) in [7, 11) is 3.35. The molecule has 3 nitrogen and oxygen atoms in total.